The lowest BCUT2D eigenvalue weighted by Gasteiger charge is -2.27. The van der Waals surface area contributed by atoms with Crippen LogP contribution >= 0.6 is 11.6 Å². The Labute approximate surface area is 162 Å². The summed E-state index contributed by atoms with van der Waals surface area (Å²) in [5, 5.41) is 11.3. The van der Waals surface area contributed by atoms with E-state index in [1.807, 2.05) is 60.7 Å². The number of pyridine rings is 1. The van der Waals surface area contributed by atoms with Gasteiger partial charge in [-0.3, -0.25) is 9.78 Å². The third-order valence-corrected chi connectivity index (χ3v) is 4.86. The van der Waals surface area contributed by atoms with Gasteiger partial charge in [-0.1, -0.05) is 60.1 Å². The second-order valence-electron chi connectivity index (χ2n) is 6.38. The van der Waals surface area contributed by atoms with E-state index in [-0.39, 0.29) is 5.76 Å². The number of rotatable bonds is 4. The lowest BCUT2D eigenvalue weighted by molar-refractivity contribution is -0.130. The van der Waals surface area contributed by atoms with Crippen molar-refractivity contribution in [3.8, 4) is 0 Å². The molecule has 1 aromatic heterocycles. The normalized spacial score (nSPS) is 16.9. The Balaban J connectivity index is 1.83. The van der Waals surface area contributed by atoms with E-state index in [9.17, 15) is 9.90 Å². The number of benzene rings is 2. The Hall–Kier alpha value is -3.11. The van der Waals surface area contributed by atoms with Gasteiger partial charge in [0.2, 0.25) is 0 Å². The lowest BCUT2D eigenvalue weighted by atomic mass is 9.93. The van der Waals surface area contributed by atoms with Gasteiger partial charge in [0.1, 0.15) is 0 Å². The number of aliphatic hydroxyl groups is 1. The van der Waals surface area contributed by atoms with Crippen LogP contribution in [0.2, 0.25) is 5.02 Å². The van der Waals surface area contributed by atoms with Gasteiger partial charge < -0.3 is 10.0 Å². The molecule has 3 aromatic rings. The maximum atomic E-state index is 12.9. The number of aromatic nitrogens is 1. The number of hydrogen-bond acceptors (Lipinski definition) is 3. The molecule has 134 valence electrons. The number of nitrogens with zero attached hydrogens (tertiary/aromatic N) is 2. The summed E-state index contributed by atoms with van der Waals surface area (Å²) < 4.78 is 0. The Bertz CT molecular complexity index is 1000. The van der Waals surface area contributed by atoms with E-state index in [2.05, 4.69) is 4.98 Å². The minimum Gasteiger partial charge on any atom is -0.503 e. The summed E-state index contributed by atoms with van der Waals surface area (Å²) in [6.45, 7) is 0.338. The molecule has 0 unspecified atom stereocenters. The molecule has 0 saturated carbocycles. The molecule has 2 aromatic carbocycles. The monoisotopic (exact) mass is 376 g/mol. The van der Waals surface area contributed by atoms with E-state index in [0.717, 1.165) is 16.7 Å². The maximum absolute atomic E-state index is 12.9. The van der Waals surface area contributed by atoms with Crippen LogP contribution in [0.3, 0.4) is 0 Å². The molecule has 0 fully saturated rings. The van der Waals surface area contributed by atoms with Gasteiger partial charge in [-0.2, -0.15) is 0 Å². The molecule has 4 nitrogen and oxygen atoms in total. The third kappa shape index (κ3) is 3.32. The van der Waals surface area contributed by atoms with E-state index in [1.165, 1.54) is 0 Å². The van der Waals surface area contributed by atoms with Gasteiger partial charge in [-0.25, -0.2) is 0 Å². The fourth-order valence-corrected chi connectivity index (χ4v) is 3.64. The van der Waals surface area contributed by atoms with Crippen molar-refractivity contribution >= 4 is 23.1 Å². The summed E-state index contributed by atoms with van der Waals surface area (Å²) in [6.07, 6.45) is 3.41. The SMILES string of the molecule is O=C1C(O)=C(c2ccccc2)[C@@H](c2cccc(Cl)c2)N1Cc1cccnc1. The highest BCUT2D eigenvalue weighted by Gasteiger charge is 2.41. The van der Waals surface area contributed by atoms with Crippen LogP contribution in [0.15, 0.2) is 84.9 Å². The molecule has 1 aliphatic rings. The summed E-state index contributed by atoms with van der Waals surface area (Å²) >= 11 is 6.21. The second kappa shape index (κ2) is 7.25. The average molecular weight is 377 g/mol. The van der Waals surface area contributed by atoms with Crippen molar-refractivity contribution in [2.45, 2.75) is 12.6 Å². The van der Waals surface area contributed by atoms with Gasteiger partial charge in [-0.05, 0) is 34.9 Å². The zero-order valence-corrected chi connectivity index (χ0v) is 15.2. The van der Waals surface area contributed by atoms with Crippen LogP contribution in [0.1, 0.15) is 22.7 Å². The van der Waals surface area contributed by atoms with E-state index in [1.54, 1.807) is 23.4 Å². The first kappa shape index (κ1) is 17.3. The average Bonchev–Trinajstić information content (AvgIpc) is 2.94. The van der Waals surface area contributed by atoms with Crippen molar-refractivity contribution in [3.63, 3.8) is 0 Å². The standard InChI is InChI=1S/C22H17ClN2O2/c23-18-10-4-9-17(12-18)20-19(16-7-2-1-3-8-16)21(26)22(27)25(20)14-15-6-5-11-24-13-15/h1-13,20,26H,14H2/t20-/m1/s1. The van der Waals surface area contributed by atoms with Gasteiger partial charge in [-0.15, -0.1) is 0 Å². The molecular formula is C22H17ClN2O2. The Morgan fingerprint density at radius 3 is 2.56 bits per heavy atom. The van der Waals surface area contributed by atoms with E-state index in [4.69, 9.17) is 11.6 Å². The largest absolute Gasteiger partial charge is 0.503 e. The molecular weight excluding hydrogens is 360 g/mol. The highest BCUT2D eigenvalue weighted by Crippen LogP contribution is 2.44. The number of carbonyl (C=O) groups excluding carboxylic acids is 1. The predicted octanol–water partition coefficient (Wildman–Crippen LogP) is 4.79. The van der Waals surface area contributed by atoms with Crippen LogP contribution in [-0.2, 0) is 11.3 Å². The highest BCUT2D eigenvalue weighted by atomic mass is 35.5. The first-order valence-corrected chi connectivity index (χ1v) is 8.97. The molecule has 0 bridgehead atoms. The third-order valence-electron chi connectivity index (χ3n) is 4.63. The molecule has 1 aliphatic heterocycles. The number of aliphatic hydroxyl groups excluding tert-OH is 1. The smallest absolute Gasteiger partial charge is 0.290 e. The quantitative estimate of drug-likeness (QED) is 0.712. The van der Waals surface area contributed by atoms with Gasteiger partial charge in [0.15, 0.2) is 5.76 Å². The molecule has 5 heteroatoms. The van der Waals surface area contributed by atoms with Crippen LogP contribution in [0.4, 0.5) is 0 Å². The van der Waals surface area contributed by atoms with E-state index < -0.39 is 11.9 Å². The van der Waals surface area contributed by atoms with Crippen molar-refractivity contribution in [2.75, 3.05) is 0 Å². The summed E-state index contributed by atoms with van der Waals surface area (Å²) in [5.74, 6) is -0.627. The van der Waals surface area contributed by atoms with Gasteiger partial charge >= 0.3 is 0 Å². The highest BCUT2D eigenvalue weighted by molar-refractivity contribution is 6.30. The first-order valence-electron chi connectivity index (χ1n) is 8.59. The minimum absolute atomic E-state index is 0.227. The molecule has 1 atom stereocenters. The summed E-state index contributed by atoms with van der Waals surface area (Å²) in [6, 6.07) is 20.2. The van der Waals surface area contributed by atoms with Crippen molar-refractivity contribution in [2.24, 2.45) is 0 Å². The summed E-state index contributed by atoms with van der Waals surface area (Å²) in [4.78, 5) is 18.7. The number of halogens is 1. The second-order valence-corrected chi connectivity index (χ2v) is 6.82. The molecule has 0 saturated heterocycles. The minimum atomic E-state index is -0.432. The Morgan fingerprint density at radius 2 is 1.85 bits per heavy atom. The van der Waals surface area contributed by atoms with Crippen molar-refractivity contribution in [3.05, 3.63) is 107 Å². The zero-order valence-electron chi connectivity index (χ0n) is 14.4. The molecule has 0 aliphatic carbocycles. The lowest BCUT2D eigenvalue weighted by Crippen LogP contribution is -2.29. The molecule has 2 heterocycles. The Morgan fingerprint density at radius 1 is 1.04 bits per heavy atom. The Kier molecular flexibility index (Phi) is 4.65. The van der Waals surface area contributed by atoms with E-state index >= 15 is 0 Å². The van der Waals surface area contributed by atoms with Gasteiger partial charge in [0.25, 0.3) is 5.91 Å². The zero-order chi connectivity index (χ0) is 18.8. The van der Waals surface area contributed by atoms with Crippen LogP contribution in [0, 0.1) is 0 Å². The molecule has 4 rings (SSSR count). The number of carbonyl (C=O) groups is 1. The fourth-order valence-electron chi connectivity index (χ4n) is 3.44. The van der Waals surface area contributed by atoms with Crippen LogP contribution in [-0.4, -0.2) is 20.9 Å². The molecule has 27 heavy (non-hydrogen) atoms. The first-order chi connectivity index (χ1) is 13.1. The van der Waals surface area contributed by atoms with Crippen LogP contribution in [0.25, 0.3) is 5.57 Å². The summed E-state index contributed by atoms with van der Waals surface area (Å²) in [7, 11) is 0. The van der Waals surface area contributed by atoms with Crippen molar-refractivity contribution in [1.82, 2.24) is 9.88 Å². The number of amides is 1. The van der Waals surface area contributed by atoms with Gasteiger partial charge in [0.05, 0.1) is 6.04 Å². The van der Waals surface area contributed by atoms with Crippen molar-refractivity contribution in [1.29, 1.82) is 0 Å². The van der Waals surface area contributed by atoms with Crippen molar-refractivity contribution < 1.29 is 9.90 Å². The fraction of sp³-hybridized carbons (Fsp3) is 0.0909. The molecule has 1 N–H and O–H groups in total. The maximum Gasteiger partial charge on any atom is 0.290 e. The van der Waals surface area contributed by atoms with E-state index in [0.29, 0.717) is 17.1 Å². The summed E-state index contributed by atoms with van der Waals surface area (Å²) in [5.41, 5.74) is 3.14. The van der Waals surface area contributed by atoms with Crippen LogP contribution in [0.5, 0.6) is 0 Å². The molecule has 0 radical (unpaired) electrons. The van der Waals surface area contributed by atoms with Gasteiger partial charge in [0, 0.05) is 29.5 Å². The predicted molar refractivity (Wildman–Crippen MR) is 105 cm³/mol. The topological polar surface area (TPSA) is 53.4 Å². The number of hydrogen-bond donors (Lipinski definition) is 1. The van der Waals surface area contributed by atoms with Crippen LogP contribution < -0.4 is 0 Å². The molecule has 0 spiro atoms. The molecule has 1 amide bonds.